The first-order valence-electron chi connectivity index (χ1n) is 4.69. The van der Waals surface area contributed by atoms with Crippen LogP contribution in [0.3, 0.4) is 0 Å². The van der Waals surface area contributed by atoms with E-state index in [2.05, 4.69) is 19.1 Å². The zero-order valence-corrected chi connectivity index (χ0v) is 8.16. The van der Waals surface area contributed by atoms with Crippen LogP contribution >= 0.6 is 0 Å². The van der Waals surface area contributed by atoms with Gasteiger partial charge in [-0.3, -0.25) is 4.79 Å². The third-order valence-corrected chi connectivity index (χ3v) is 2.35. The predicted molar refractivity (Wildman–Crippen MR) is 52.4 cm³/mol. The zero-order chi connectivity index (χ0) is 9.84. The lowest BCUT2D eigenvalue weighted by atomic mass is 9.93. The molecule has 0 aromatic carbocycles. The molecule has 2 unspecified atom stereocenters. The SMILES string of the molecule is CC1C=CC(CC(C)C(=O)O)=CC1. The summed E-state index contributed by atoms with van der Waals surface area (Å²) in [6, 6.07) is 0. The summed E-state index contributed by atoms with van der Waals surface area (Å²) in [4.78, 5) is 10.6. The Balaban J connectivity index is 2.47. The van der Waals surface area contributed by atoms with Gasteiger partial charge < -0.3 is 5.11 Å². The van der Waals surface area contributed by atoms with E-state index in [1.54, 1.807) is 6.92 Å². The van der Waals surface area contributed by atoms with Crippen LogP contribution in [-0.2, 0) is 4.79 Å². The second kappa shape index (κ2) is 4.26. The van der Waals surface area contributed by atoms with Gasteiger partial charge in [-0.15, -0.1) is 0 Å². The minimum atomic E-state index is -0.715. The van der Waals surface area contributed by atoms with Gasteiger partial charge in [0.2, 0.25) is 0 Å². The molecule has 0 radical (unpaired) electrons. The number of carbonyl (C=O) groups is 1. The third kappa shape index (κ3) is 3.05. The third-order valence-electron chi connectivity index (χ3n) is 2.35. The van der Waals surface area contributed by atoms with Crippen LogP contribution < -0.4 is 0 Å². The standard InChI is InChI=1S/C11H16O2/c1-8-3-5-10(6-4-8)7-9(2)11(12)13/h3,5-6,8-9H,4,7H2,1-2H3,(H,12,13). The molecule has 2 atom stereocenters. The summed E-state index contributed by atoms with van der Waals surface area (Å²) in [6.07, 6.45) is 8.03. The smallest absolute Gasteiger partial charge is 0.306 e. The van der Waals surface area contributed by atoms with Crippen molar-refractivity contribution in [2.45, 2.75) is 26.7 Å². The van der Waals surface area contributed by atoms with E-state index in [4.69, 9.17) is 5.11 Å². The van der Waals surface area contributed by atoms with E-state index in [0.717, 1.165) is 12.0 Å². The molecule has 1 aliphatic carbocycles. The van der Waals surface area contributed by atoms with Gasteiger partial charge in [0.15, 0.2) is 0 Å². The van der Waals surface area contributed by atoms with Crippen molar-refractivity contribution in [3.63, 3.8) is 0 Å². The molecular weight excluding hydrogens is 164 g/mol. The van der Waals surface area contributed by atoms with Gasteiger partial charge in [-0.05, 0) is 18.8 Å². The van der Waals surface area contributed by atoms with Gasteiger partial charge in [-0.1, -0.05) is 37.6 Å². The monoisotopic (exact) mass is 180 g/mol. The van der Waals surface area contributed by atoms with Gasteiger partial charge in [0.25, 0.3) is 0 Å². The van der Waals surface area contributed by atoms with E-state index < -0.39 is 5.97 Å². The molecule has 2 nitrogen and oxygen atoms in total. The Hall–Kier alpha value is -1.05. The minimum Gasteiger partial charge on any atom is -0.481 e. The van der Waals surface area contributed by atoms with Gasteiger partial charge in [0.05, 0.1) is 5.92 Å². The van der Waals surface area contributed by atoms with E-state index in [1.807, 2.05) is 6.08 Å². The summed E-state index contributed by atoms with van der Waals surface area (Å²) < 4.78 is 0. The molecule has 72 valence electrons. The number of hydrogen-bond donors (Lipinski definition) is 1. The molecule has 1 N–H and O–H groups in total. The largest absolute Gasteiger partial charge is 0.481 e. The summed E-state index contributed by atoms with van der Waals surface area (Å²) in [7, 11) is 0. The molecule has 1 rings (SSSR count). The molecule has 0 amide bonds. The normalized spacial score (nSPS) is 23.8. The van der Waals surface area contributed by atoms with Gasteiger partial charge >= 0.3 is 5.97 Å². The predicted octanol–water partition coefficient (Wildman–Crippen LogP) is 2.62. The summed E-state index contributed by atoms with van der Waals surface area (Å²) in [5.74, 6) is -0.388. The van der Waals surface area contributed by atoms with E-state index in [9.17, 15) is 4.79 Å². The Morgan fingerprint density at radius 3 is 2.92 bits per heavy atom. The van der Waals surface area contributed by atoms with Crippen LogP contribution in [0.4, 0.5) is 0 Å². The van der Waals surface area contributed by atoms with Crippen LogP contribution in [0.2, 0.25) is 0 Å². The fourth-order valence-corrected chi connectivity index (χ4v) is 1.36. The topological polar surface area (TPSA) is 37.3 Å². The summed E-state index contributed by atoms with van der Waals surface area (Å²) in [5.41, 5.74) is 1.16. The van der Waals surface area contributed by atoms with Crippen molar-refractivity contribution >= 4 is 5.97 Å². The number of hydrogen-bond acceptors (Lipinski definition) is 1. The maximum Gasteiger partial charge on any atom is 0.306 e. The highest BCUT2D eigenvalue weighted by molar-refractivity contribution is 5.70. The number of rotatable bonds is 3. The van der Waals surface area contributed by atoms with Crippen molar-refractivity contribution in [2.75, 3.05) is 0 Å². The lowest BCUT2D eigenvalue weighted by Crippen LogP contribution is -2.10. The molecule has 0 aliphatic heterocycles. The van der Waals surface area contributed by atoms with Crippen molar-refractivity contribution in [1.82, 2.24) is 0 Å². The molecule has 0 bridgehead atoms. The Kier molecular flexibility index (Phi) is 3.29. The number of allylic oxidation sites excluding steroid dienone is 4. The zero-order valence-electron chi connectivity index (χ0n) is 8.16. The highest BCUT2D eigenvalue weighted by Crippen LogP contribution is 2.21. The molecule has 0 aromatic heterocycles. The average molecular weight is 180 g/mol. The Morgan fingerprint density at radius 1 is 1.77 bits per heavy atom. The van der Waals surface area contributed by atoms with Gasteiger partial charge in [-0.25, -0.2) is 0 Å². The quantitative estimate of drug-likeness (QED) is 0.724. The van der Waals surface area contributed by atoms with Gasteiger partial charge in [0, 0.05) is 0 Å². The average Bonchev–Trinajstić information content (AvgIpc) is 2.08. The number of carboxylic acids is 1. The Bertz CT molecular complexity index is 251. The van der Waals surface area contributed by atoms with E-state index in [-0.39, 0.29) is 5.92 Å². The molecule has 0 aromatic rings. The molecular formula is C11H16O2. The first kappa shape index (κ1) is 10.0. The van der Waals surface area contributed by atoms with Crippen LogP contribution in [-0.4, -0.2) is 11.1 Å². The van der Waals surface area contributed by atoms with Crippen LogP contribution in [0, 0.1) is 11.8 Å². The second-order valence-electron chi connectivity index (χ2n) is 3.79. The van der Waals surface area contributed by atoms with Crippen molar-refractivity contribution in [3.8, 4) is 0 Å². The van der Waals surface area contributed by atoms with Crippen LogP contribution in [0.5, 0.6) is 0 Å². The van der Waals surface area contributed by atoms with Crippen LogP contribution in [0.15, 0.2) is 23.8 Å². The second-order valence-corrected chi connectivity index (χ2v) is 3.79. The summed E-state index contributed by atoms with van der Waals surface area (Å²) in [5, 5.41) is 8.71. The van der Waals surface area contributed by atoms with E-state index in [0.29, 0.717) is 12.3 Å². The van der Waals surface area contributed by atoms with E-state index in [1.165, 1.54) is 0 Å². The molecule has 13 heavy (non-hydrogen) atoms. The Labute approximate surface area is 79.0 Å². The molecule has 0 saturated heterocycles. The fraction of sp³-hybridized carbons (Fsp3) is 0.545. The fourth-order valence-electron chi connectivity index (χ4n) is 1.36. The van der Waals surface area contributed by atoms with Crippen LogP contribution in [0.1, 0.15) is 26.7 Å². The molecule has 0 saturated carbocycles. The maximum atomic E-state index is 10.6. The lowest BCUT2D eigenvalue weighted by molar-refractivity contribution is -0.141. The Morgan fingerprint density at radius 2 is 2.46 bits per heavy atom. The molecule has 1 aliphatic rings. The minimum absolute atomic E-state index is 0.274. The lowest BCUT2D eigenvalue weighted by Gasteiger charge is -2.13. The van der Waals surface area contributed by atoms with Gasteiger partial charge in [0.1, 0.15) is 0 Å². The first-order chi connectivity index (χ1) is 6.09. The highest BCUT2D eigenvalue weighted by Gasteiger charge is 2.13. The molecule has 0 fully saturated rings. The maximum absolute atomic E-state index is 10.6. The molecule has 0 spiro atoms. The van der Waals surface area contributed by atoms with E-state index >= 15 is 0 Å². The number of carboxylic acid groups (broad SMARTS) is 1. The van der Waals surface area contributed by atoms with Crippen LogP contribution in [0.25, 0.3) is 0 Å². The first-order valence-corrected chi connectivity index (χ1v) is 4.69. The van der Waals surface area contributed by atoms with Crippen molar-refractivity contribution in [2.24, 2.45) is 11.8 Å². The summed E-state index contributed by atoms with van der Waals surface area (Å²) >= 11 is 0. The van der Waals surface area contributed by atoms with Crippen molar-refractivity contribution in [1.29, 1.82) is 0 Å². The summed E-state index contributed by atoms with van der Waals surface area (Å²) in [6.45, 7) is 3.90. The van der Waals surface area contributed by atoms with Crippen molar-refractivity contribution in [3.05, 3.63) is 23.8 Å². The molecule has 2 heteroatoms. The highest BCUT2D eigenvalue weighted by atomic mass is 16.4. The van der Waals surface area contributed by atoms with Crippen molar-refractivity contribution < 1.29 is 9.90 Å². The number of aliphatic carboxylic acids is 1. The van der Waals surface area contributed by atoms with Gasteiger partial charge in [-0.2, -0.15) is 0 Å². The molecule has 0 heterocycles.